The molecule has 0 spiro atoms. The van der Waals surface area contributed by atoms with Crippen molar-refractivity contribution in [2.45, 2.75) is 38.8 Å². The number of nitrogens with zero attached hydrogens (tertiary/aromatic N) is 3. The van der Waals surface area contributed by atoms with Crippen molar-refractivity contribution >= 4 is 35.9 Å². The van der Waals surface area contributed by atoms with Crippen LogP contribution < -0.4 is 4.31 Å². The molecule has 2 fully saturated rings. The summed E-state index contributed by atoms with van der Waals surface area (Å²) in [4.78, 5) is 12.0. The molecule has 25 heavy (non-hydrogen) atoms. The lowest BCUT2D eigenvalue weighted by atomic mass is 10.2. The van der Waals surface area contributed by atoms with Crippen molar-refractivity contribution < 1.29 is 9.53 Å². The largest absolute Gasteiger partial charge is 0.462 e. The second-order valence-electron chi connectivity index (χ2n) is 7.34. The van der Waals surface area contributed by atoms with Gasteiger partial charge in [-0.15, -0.1) is 0 Å². The van der Waals surface area contributed by atoms with Gasteiger partial charge in [-0.05, 0) is 59.0 Å². The van der Waals surface area contributed by atoms with E-state index in [1.54, 1.807) is 0 Å². The first kappa shape index (κ1) is 20.4. The van der Waals surface area contributed by atoms with E-state index in [1.807, 2.05) is 51.1 Å². The lowest BCUT2D eigenvalue weighted by Crippen LogP contribution is -2.30. The average molecular weight is 386 g/mol. The molecule has 2 heterocycles. The van der Waals surface area contributed by atoms with E-state index in [4.69, 9.17) is 11.6 Å². The predicted molar refractivity (Wildman–Crippen MR) is 106 cm³/mol. The summed E-state index contributed by atoms with van der Waals surface area (Å²) in [5, 5.41) is 0.812. The van der Waals surface area contributed by atoms with E-state index in [9.17, 15) is 4.79 Å². The number of anilines is 1. The second-order valence-corrected chi connectivity index (χ2v) is 8.85. The van der Waals surface area contributed by atoms with Gasteiger partial charge in [-0.2, -0.15) is 0 Å². The van der Waals surface area contributed by atoms with Crippen LogP contribution in [0.1, 0.15) is 27.2 Å². The van der Waals surface area contributed by atoms with Gasteiger partial charge in [0.05, 0.1) is 0 Å². The molecule has 2 saturated heterocycles. The summed E-state index contributed by atoms with van der Waals surface area (Å²) in [7, 11) is 2.20. The number of benzene rings is 1. The van der Waals surface area contributed by atoms with Gasteiger partial charge in [0.2, 0.25) is 0 Å². The van der Waals surface area contributed by atoms with Crippen LogP contribution in [0.25, 0.3) is 0 Å². The second kappa shape index (κ2) is 9.12. The van der Waals surface area contributed by atoms with Crippen molar-refractivity contribution in [3.8, 4) is 0 Å². The number of hydrogen-bond donors (Lipinski definition) is 0. The molecule has 0 bridgehead atoms. The van der Waals surface area contributed by atoms with Crippen LogP contribution in [0.4, 0.5) is 5.69 Å². The molecule has 140 valence electrons. The van der Waals surface area contributed by atoms with E-state index in [0.29, 0.717) is 12.5 Å². The van der Waals surface area contributed by atoms with Gasteiger partial charge in [-0.1, -0.05) is 17.7 Å². The summed E-state index contributed by atoms with van der Waals surface area (Å²) < 4.78 is 9.40. The number of halogens is 1. The SMILES string of the molecule is CC(C)(C)OC=O.CN1CCC(N2CCN(c3cccc(Cl)c3)S2)C1. The minimum atomic E-state index is -0.318. The number of carbonyl (C=O) groups excluding carboxylic acids is 1. The first-order valence-corrected chi connectivity index (χ1v) is 9.67. The maximum atomic E-state index is 9.60. The maximum absolute atomic E-state index is 9.60. The minimum absolute atomic E-state index is 0.318. The van der Waals surface area contributed by atoms with Gasteiger partial charge >= 0.3 is 0 Å². The molecular formula is C18H28ClN3O2S. The van der Waals surface area contributed by atoms with E-state index in [0.717, 1.165) is 18.1 Å². The van der Waals surface area contributed by atoms with E-state index in [1.165, 1.54) is 25.2 Å². The topological polar surface area (TPSA) is 36.0 Å². The maximum Gasteiger partial charge on any atom is 0.293 e. The number of carbonyl (C=O) groups is 1. The fourth-order valence-corrected chi connectivity index (χ4v) is 4.02. The summed E-state index contributed by atoms with van der Waals surface area (Å²) in [6.07, 6.45) is 1.28. The van der Waals surface area contributed by atoms with Gasteiger partial charge in [0.15, 0.2) is 0 Å². The van der Waals surface area contributed by atoms with Gasteiger partial charge in [-0.3, -0.25) is 4.79 Å². The number of likely N-dealkylation sites (N-methyl/N-ethyl adjacent to an activating group) is 1. The zero-order valence-corrected chi connectivity index (χ0v) is 17.0. The van der Waals surface area contributed by atoms with Crippen LogP contribution in [-0.2, 0) is 9.53 Å². The summed E-state index contributed by atoms with van der Waals surface area (Å²) in [5.41, 5.74) is 0.892. The molecule has 7 heteroatoms. The molecular weight excluding hydrogens is 358 g/mol. The quantitative estimate of drug-likeness (QED) is 0.583. The lowest BCUT2D eigenvalue weighted by Gasteiger charge is -2.22. The van der Waals surface area contributed by atoms with Gasteiger partial charge < -0.3 is 13.9 Å². The molecule has 2 aliphatic heterocycles. The van der Waals surface area contributed by atoms with Crippen molar-refractivity contribution in [1.82, 2.24) is 9.21 Å². The first-order valence-electron chi connectivity index (χ1n) is 8.56. The van der Waals surface area contributed by atoms with Crippen LogP contribution in [0.15, 0.2) is 24.3 Å². The fraction of sp³-hybridized carbons (Fsp3) is 0.611. The monoisotopic (exact) mass is 385 g/mol. The molecule has 1 atom stereocenters. The molecule has 2 aliphatic rings. The average Bonchev–Trinajstić information content (AvgIpc) is 3.15. The summed E-state index contributed by atoms with van der Waals surface area (Å²) in [5.74, 6) is 0. The highest BCUT2D eigenvalue weighted by Gasteiger charge is 2.32. The Bertz CT molecular complexity index is 567. The first-order chi connectivity index (χ1) is 11.8. The van der Waals surface area contributed by atoms with Gasteiger partial charge in [0.25, 0.3) is 6.47 Å². The molecule has 0 saturated carbocycles. The zero-order chi connectivity index (χ0) is 18.4. The minimum Gasteiger partial charge on any atom is -0.462 e. The number of likely N-dealkylation sites (tertiary alicyclic amines) is 1. The number of rotatable bonds is 3. The Morgan fingerprint density at radius 1 is 1.28 bits per heavy atom. The van der Waals surface area contributed by atoms with Gasteiger partial charge in [0, 0.05) is 48.5 Å². The molecule has 3 rings (SSSR count). The highest BCUT2D eigenvalue weighted by molar-refractivity contribution is 7.98. The molecule has 0 aromatic heterocycles. The fourth-order valence-electron chi connectivity index (χ4n) is 2.75. The Hall–Kier alpha value is -0.950. The van der Waals surface area contributed by atoms with Crippen LogP contribution in [0.2, 0.25) is 5.02 Å². The van der Waals surface area contributed by atoms with Crippen LogP contribution >= 0.6 is 23.7 Å². The Morgan fingerprint density at radius 3 is 2.56 bits per heavy atom. The standard InChI is InChI=1S/C13H18ClN3S.C5H10O2/c1-15-6-5-13(10-15)17-8-7-16(18-17)12-4-2-3-11(14)9-12;1-5(2,3)7-4-6/h2-4,9,13H,5-8,10H2,1H3;4H,1-3H3. The molecule has 1 aromatic rings. The Balaban J connectivity index is 0.000000277. The predicted octanol–water partition coefficient (Wildman–Crippen LogP) is 3.69. The Labute approximate surface area is 160 Å². The third-order valence-electron chi connectivity index (χ3n) is 4.00. The molecule has 0 amide bonds. The lowest BCUT2D eigenvalue weighted by molar-refractivity contribution is -0.138. The molecule has 1 aromatic carbocycles. The summed E-state index contributed by atoms with van der Waals surface area (Å²) >= 11 is 7.90. The number of hydrogen-bond acceptors (Lipinski definition) is 6. The van der Waals surface area contributed by atoms with Crippen LogP contribution in [0.5, 0.6) is 0 Å². The van der Waals surface area contributed by atoms with Crippen LogP contribution in [0, 0.1) is 0 Å². The Morgan fingerprint density at radius 2 is 2.04 bits per heavy atom. The normalized spacial score (nSPS) is 21.8. The van der Waals surface area contributed by atoms with Crippen LogP contribution in [-0.4, -0.2) is 60.5 Å². The molecule has 0 aliphatic carbocycles. The van der Waals surface area contributed by atoms with E-state index in [-0.39, 0.29) is 5.60 Å². The van der Waals surface area contributed by atoms with Crippen molar-refractivity contribution in [1.29, 1.82) is 0 Å². The van der Waals surface area contributed by atoms with Crippen molar-refractivity contribution in [2.75, 3.05) is 37.5 Å². The van der Waals surface area contributed by atoms with E-state index < -0.39 is 0 Å². The Kier molecular flexibility index (Phi) is 7.43. The molecule has 1 unspecified atom stereocenters. The van der Waals surface area contributed by atoms with Gasteiger partial charge in [-0.25, -0.2) is 4.31 Å². The van der Waals surface area contributed by atoms with E-state index >= 15 is 0 Å². The highest BCUT2D eigenvalue weighted by atomic mass is 35.5. The van der Waals surface area contributed by atoms with Crippen LogP contribution in [0.3, 0.4) is 0 Å². The van der Waals surface area contributed by atoms with Crippen molar-refractivity contribution in [2.24, 2.45) is 0 Å². The third-order valence-corrected chi connectivity index (χ3v) is 5.51. The molecule has 0 radical (unpaired) electrons. The molecule has 5 nitrogen and oxygen atoms in total. The third kappa shape index (κ3) is 6.70. The highest BCUT2D eigenvalue weighted by Crippen LogP contribution is 2.34. The molecule has 0 N–H and O–H groups in total. The smallest absolute Gasteiger partial charge is 0.293 e. The van der Waals surface area contributed by atoms with E-state index in [2.05, 4.69) is 31.4 Å². The van der Waals surface area contributed by atoms with Crippen molar-refractivity contribution in [3.05, 3.63) is 29.3 Å². The zero-order valence-electron chi connectivity index (χ0n) is 15.4. The van der Waals surface area contributed by atoms with Crippen molar-refractivity contribution in [3.63, 3.8) is 0 Å². The number of ether oxygens (including phenoxy) is 1. The summed E-state index contributed by atoms with van der Waals surface area (Å²) in [6.45, 7) is 10.5. The summed E-state index contributed by atoms with van der Waals surface area (Å²) in [6, 6.07) is 8.81. The van der Waals surface area contributed by atoms with Gasteiger partial charge in [0.1, 0.15) is 5.60 Å².